The maximum atomic E-state index is 16.4. The number of para-hydroxylation sites is 3. The molecular formula is C19H18F6N5O3P5. The van der Waals surface area contributed by atoms with E-state index in [1.807, 2.05) is 0 Å². The molecule has 3 aromatic rings. The van der Waals surface area contributed by atoms with Crippen molar-refractivity contribution in [3.05, 3.63) is 91.0 Å². The van der Waals surface area contributed by atoms with E-state index in [2.05, 4.69) is 22.6 Å². The number of halogens is 6. The van der Waals surface area contributed by atoms with Crippen LogP contribution in [0.3, 0.4) is 0 Å². The van der Waals surface area contributed by atoms with E-state index in [1.165, 1.54) is 91.0 Å². The highest BCUT2D eigenvalue weighted by molar-refractivity contribution is 7.79. The standard InChI is InChI=1S/C19H18F6N5O3P5/c1-34(20)26-35(21,22)28-37(24,32-18-13-7-3-8-14-18)30-38(25,33-19-15-9-4-10-16-19)29-36(23,27-34)31-17-11-5-2-6-12-17/h2-16H,1H3. The van der Waals surface area contributed by atoms with Gasteiger partial charge in [-0.15, -0.1) is 39.0 Å². The topological polar surface area (TPSA) is 89.5 Å². The van der Waals surface area contributed by atoms with Gasteiger partial charge in [0.05, 0.1) is 0 Å². The number of rotatable bonds is 6. The Morgan fingerprint density at radius 3 is 1.13 bits per heavy atom. The van der Waals surface area contributed by atoms with Gasteiger partial charge in [-0.3, -0.25) is 0 Å². The minimum Gasteiger partial charge on any atom is -0.419 e. The molecule has 1 aliphatic rings. The molecule has 0 aliphatic carbocycles. The lowest BCUT2D eigenvalue weighted by Gasteiger charge is -2.21. The van der Waals surface area contributed by atoms with E-state index in [0.29, 0.717) is 6.66 Å². The smallest absolute Gasteiger partial charge is 0.419 e. The van der Waals surface area contributed by atoms with E-state index in [-0.39, 0.29) is 17.2 Å². The highest BCUT2D eigenvalue weighted by Gasteiger charge is 2.42. The lowest BCUT2D eigenvalue weighted by Crippen LogP contribution is -1.93. The molecular weight excluding hydrogens is 615 g/mol. The van der Waals surface area contributed by atoms with Gasteiger partial charge in [-0.05, 0) is 36.4 Å². The summed E-state index contributed by atoms with van der Waals surface area (Å²) in [7, 11) is -28.4. The second-order valence-corrected chi connectivity index (χ2v) is 16.8. The minimum atomic E-state index is -6.28. The third-order valence-electron chi connectivity index (χ3n) is 4.10. The van der Waals surface area contributed by atoms with E-state index in [4.69, 9.17) is 13.6 Å². The average molecular weight is 633 g/mol. The maximum Gasteiger partial charge on any atom is 0.443 e. The number of benzene rings is 3. The summed E-state index contributed by atoms with van der Waals surface area (Å²) in [5.74, 6) is -0.954. The summed E-state index contributed by atoms with van der Waals surface area (Å²) >= 11 is 0. The van der Waals surface area contributed by atoms with Crippen LogP contribution < -0.4 is 13.6 Å². The van der Waals surface area contributed by atoms with Crippen LogP contribution in [0, 0.1) is 0 Å². The van der Waals surface area contributed by atoms with Crippen molar-refractivity contribution < 1.29 is 38.8 Å². The molecule has 4 rings (SSSR count). The molecule has 0 radical (unpaired) electrons. The molecule has 3 aromatic carbocycles. The Morgan fingerprint density at radius 1 is 0.447 bits per heavy atom. The van der Waals surface area contributed by atoms with Crippen LogP contribution in [0.5, 0.6) is 17.2 Å². The minimum absolute atomic E-state index is 0.285. The molecule has 1 heterocycles. The van der Waals surface area contributed by atoms with E-state index < -0.39 is 38.6 Å². The monoisotopic (exact) mass is 633 g/mol. The average Bonchev–Trinajstić information content (AvgIpc) is 2.77. The quantitative estimate of drug-likeness (QED) is 0.200. The van der Waals surface area contributed by atoms with Gasteiger partial charge in [0.2, 0.25) is 0 Å². The van der Waals surface area contributed by atoms with Crippen LogP contribution in [0.1, 0.15) is 0 Å². The van der Waals surface area contributed by atoms with Gasteiger partial charge in [0.1, 0.15) is 17.2 Å². The first-order chi connectivity index (χ1) is 17.8. The fourth-order valence-corrected chi connectivity index (χ4v) is 13.6. The van der Waals surface area contributed by atoms with Crippen LogP contribution in [-0.4, -0.2) is 6.66 Å². The van der Waals surface area contributed by atoms with Crippen molar-refractivity contribution in [3.63, 3.8) is 0 Å². The molecule has 38 heavy (non-hydrogen) atoms. The fourth-order valence-electron chi connectivity index (χ4n) is 2.85. The molecule has 204 valence electrons. The molecule has 19 heteroatoms. The van der Waals surface area contributed by atoms with Gasteiger partial charge in [0, 0.05) is 6.66 Å². The molecule has 0 bridgehead atoms. The summed E-state index contributed by atoms with van der Waals surface area (Å²) < 4.78 is 123. The maximum absolute atomic E-state index is 16.4. The van der Waals surface area contributed by atoms with Gasteiger partial charge in [0.25, 0.3) is 7.52 Å². The Labute approximate surface area is 214 Å². The van der Waals surface area contributed by atoms with E-state index >= 15 is 16.8 Å². The lowest BCUT2D eigenvalue weighted by molar-refractivity contribution is 0.529. The van der Waals surface area contributed by atoms with Crippen molar-refractivity contribution in [2.24, 2.45) is 22.6 Å². The summed E-state index contributed by atoms with van der Waals surface area (Å²) in [6, 6.07) is 20.1. The van der Waals surface area contributed by atoms with Crippen LogP contribution >= 0.6 is 38.6 Å². The van der Waals surface area contributed by atoms with Crippen molar-refractivity contribution >= 4 is 38.6 Å². The zero-order chi connectivity index (χ0) is 27.5. The van der Waals surface area contributed by atoms with Crippen molar-refractivity contribution in [2.45, 2.75) is 0 Å². The fraction of sp³-hybridized carbons (Fsp3) is 0.0526. The first-order valence-electron chi connectivity index (χ1n) is 10.4. The number of hydrogen-bond acceptors (Lipinski definition) is 8. The van der Waals surface area contributed by atoms with Crippen LogP contribution in [0.2, 0.25) is 0 Å². The second-order valence-electron chi connectivity index (χ2n) is 7.34. The summed E-state index contributed by atoms with van der Waals surface area (Å²) in [5, 5.41) is 0. The lowest BCUT2D eigenvalue weighted by atomic mass is 10.3. The van der Waals surface area contributed by atoms with Crippen molar-refractivity contribution in [2.75, 3.05) is 6.66 Å². The van der Waals surface area contributed by atoms with Crippen molar-refractivity contribution in [1.29, 1.82) is 0 Å². The van der Waals surface area contributed by atoms with Crippen molar-refractivity contribution in [3.8, 4) is 17.2 Å². The highest BCUT2D eigenvalue weighted by atomic mass is 31.3. The molecule has 0 spiro atoms. The molecule has 0 aromatic heterocycles. The van der Waals surface area contributed by atoms with Crippen LogP contribution in [0.15, 0.2) is 114 Å². The molecule has 1 aliphatic heterocycles. The predicted molar refractivity (Wildman–Crippen MR) is 141 cm³/mol. The van der Waals surface area contributed by atoms with Gasteiger partial charge in [-0.1, -0.05) is 54.6 Å². The van der Waals surface area contributed by atoms with Crippen LogP contribution in [0.4, 0.5) is 25.2 Å². The second kappa shape index (κ2) is 11.1. The van der Waals surface area contributed by atoms with Gasteiger partial charge in [-0.2, -0.15) is 8.71 Å². The molecule has 8 nitrogen and oxygen atoms in total. The molecule has 0 N–H and O–H groups in total. The Balaban J connectivity index is 2.05. The number of hydrogen-bond donors (Lipinski definition) is 0. The van der Waals surface area contributed by atoms with Crippen LogP contribution in [0.25, 0.3) is 0 Å². The van der Waals surface area contributed by atoms with Crippen LogP contribution in [-0.2, 0) is 0 Å². The van der Waals surface area contributed by atoms with E-state index in [0.717, 1.165) is 0 Å². The predicted octanol–water partition coefficient (Wildman–Crippen LogP) is 12.5. The molecule has 0 saturated heterocycles. The Morgan fingerprint density at radius 2 is 0.763 bits per heavy atom. The summed E-state index contributed by atoms with van der Waals surface area (Å²) in [6.45, 7) is 0.459. The first-order valence-corrected chi connectivity index (χ1v) is 18.4. The zero-order valence-electron chi connectivity index (χ0n) is 19.1. The normalized spacial score (nSPS) is 30.6. The Hall–Kier alpha value is -2.21. The van der Waals surface area contributed by atoms with E-state index in [9.17, 15) is 8.39 Å². The Bertz CT molecular complexity index is 1530. The van der Waals surface area contributed by atoms with E-state index in [1.54, 1.807) is 0 Å². The highest BCUT2D eigenvalue weighted by Crippen LogP contribution is 2.80. The van der Waals surface area contributed by atoms with Crippen molar-refractivity contribution in [1.82, 2.24) is 0 Å². The molecule has 0 saturated carbocycles. The molecule has 0 amide bonds. The number of nitrogens with zero attached hydrogens (tertiary/aromatic N) is 5. The SMILES string of the molecule is CP1(F)=NP(F)(F)=NP(F)(Oc2ccccc2)=NP(F)(Oc2ccccc2)=NP(F)(Oc2ccccc2)=N1. The molecule has 4 atom stereocenters. The summed E-state index contributed by atoms with van der Waals surface area (Å²) in [6.07, 6.45) is 0. The van der Waals surface area contributed by atoms with Gasteiger partial charge in [0.15, 0.2) is 0 Å². The molecule has 0 fully saturated rings. The zero-order valence-corrected chi connectivity index (χ0v) is 23.6. The Kier molecular flexibility index (Phi) is 8.42. The third-order valence-corrected chi connectivity index (χ3v) is 15.1. The van der Waals surface area contributed by atoms with Gasteiger partial charge < -0.3 is 13.6 Å². The summed E-state index contributed by atoms with van der Waals surface area (Å²) in [4.78, 5) is 0. The summed E-state index contributed by atoms with van der Waals surface area (Å²) in [5.41, 5.74) is 0. The molecule has 4 unspecified atom stereocenters. The first kappa shape index (κ1) is 28.8. The largest absolute Gasteiger partial charge is 0.443 e. The third kappa shape index (κ3) is 8.14. The van der Waals surface area contributed by atoms with Gasteiger partial charge in [-0.25, -0.2) is 0 Å². The van der Waals surface area contributed by atoms with Gasteiger partial charge >= 0.3 is 31.1 Å².